The molecule has 0 aliphatic heterocycles. The van der Waals surface area contributed by atoms with Crippen molar-refractivity contribution in [1.29, 1.82) is 0 Å². The van der Waals surface area contributed by atoms with E-state index >= 15 is 0 Å². The molecule has 1 aliphatic rings. The molecule has 0 aromatic rings. The molecular weight excluding hydrogens is 312 g/mol. The Morgan fingerprint density at radius 2 is 2.14 bits per heavy atom. The monoisotopic (exact) mass is 338 g/mol. The zero-order valence-electron chi connectivity index (χ0n) is 12.7. The first-order chi connectivity index (χ1) is 9.89. The van der Waals surface area contributed by atoms with Gasteiger partial charge in [-0.05, 0) is 38.2 Å². The third-order valence-electron chi connectivity index (χ3n) is 3.79. The fourth-order valence-corrected chi connectivity index (χ4v) is 3.69. The Bertz CT molecular complexity index is 428. The van der Waals surface area contributed by atoms with Crippen LogP contribution in [0.2, 0.25) is 0 Å². The predicted molar refractivity (Wildman–Crippen MR) is 85.7 cm³/mol. The van der Waals surface area contributed by atoms with Crippen molar-refractivity contribution in [2.24, 2.45) is 5.92 Å². The Balaban J connectivity index is 2.53. The molecule has 1 saturated carbocycles. The van der Waals surface area contributed by atoms with Gasteiger partial charge in [-0.2, -0.15) is 11.8 Å². The van der Waals surface area contributed by atoms with E-state index in [2.05, 4.69) is 10.0 Å². The average Bonchev–Trinajstić information content (AvgIpc) is 2.86. The zero-order chi connectivity index (χ0) is 15.9. The van der Waals surface area contributed by atoms with Crippen LogP contribution in [-0.2, 0) is 14.8 Å². The smallest absolute Gasteiger partial charge is 0.238 e. The highest BCUT2D eigenvalue weighted by Crippen LogP contribution is 2.24. The van der Waals surface area contributed by atoms with Crippen LogP contribution in [0.5, 0.6) is 0 Å². The molecule has 0 bridgehead atoms. The maximum Gasteiger partial charge on any atom is 0.238 e. The largest absolute Gasteiger partial charge is 0.393 e. The van der Waals surface area contributed by atoms with Gasteiger partial charge in [0.05, 0.1) is 11.9 Å². The topological polar surface area (TPSA) is 95.5 Å². The van der Waals surface area contributed by atoms with E-state index in [1.807, 2.05) is 6.26 Å². The summed E-state index contributed by atoms with van der Waals surface area (Å²) >= 11 is 1.57. The molecule has 3 unspecified atom stereocenters. The number of thioether (sulfide) groups is 1. The summed E-state index contributed by atoms with van der Waals surface area (Å²) in [6.07, 6.45) is 4.66. The second-order valence-corrected chi connectivity index (χ2v) is 8.39. The first kappa shape index (κ1) is 18.7. The van der Waals surface area contributed by atoms with Crippen molar-refractivity contribution in [3.05, 3.63) is 0 Å². The Kier molecular flexibility index (Phi) is 8.00. The first-order valence-electron chi connectivity index (χ1n) is 7.34. The Morgan fingerprint density at radius 3 is 2.67 bits per heavy atom. The summed E-state index contributed by atoms with van der Waals surface area (Å²) in [5.41, 5.74) is 0. The summed E-state index contributed by atoms with van der Waals surface area (Å²) in [7, 11) is -3.41. The van der Waals surface area contributed by atoms with Crippen LogP contribution in [0.15, 0.2) is 0 Å². The van der Waals surface area contributed by atoms with Crippen molar-refractivity contribution in [1.82, 2.24) is 10.0 Å². The molecule has 1 rings (SSSR count). The molecule has 0 radical (unpaired) electrons. The summed E-state index contributed by atoms with van der Waals surface area (Å²) < 4.78 is 25.8. The van der Waals surface area contributed by atoms with E-state index in [4.69, 9.17) is 0 Å². The molecule has 0 aromatic heterocycles. The van der Waals surface area contributed by atoms with Gasteiger partial charge in [-0.25, -0.2) is 13.1 Å². The van der Waals surface area contributed by atoms with Gasteiger partial charge in [0, 0.05) is 12.5 Å². The lowest BCUT2D eigenvalue weighted by Gasteiger charge is -2.20. The SMILES string of the molecule is CCS(=O)(=O)NC(CCSC)C(=O)NCC1CCCC1O. The van der Waals surface area contributed by atoms with E-state index in [1.54, 1.807) is 18.7 Å². The van der Waals surface area contributed by atoms with Crippen molar-refractivity contribution >= 4 is 27.7 Å². The van der Waals surface area contributed by atoms with Gasteiger partial charge in [0.25, 0.3) is 0 Å². The van der Waals surface area contributed by atoms with E-state index < -0.39 is 16.1 Å². The van der Waals surface area contributed by atoms with Gasteiger partial charge in [0.2, 0.25) is 15.9 Å². The van der Waals surface area contributed by atoms with Gasteiger partial charge in [0.1, 0.15) is 6.04 Å². The number of sulfonamides is 1. The fraction of sp³-hybridized carbons (Fsp3) is 0.923. The highest BCUT2D eigenvalue weighted by Gasteiger charge is 2.28. The van der Waals surface area contributed by atoms with Crippen LogP contribution in [0.25, 0.3) is 0 Å². The molecule has 0 heterocycles. The third-order valence-corrected chi connectivity index (χ3v) is 5.83. The van der Waals surface area contributed by atoms with Crippen molar-refractivity contribution < 1.29 is 18.3 Å². The second kappa shape index (κ2) is 8.97. The summed E-state index contributed by atoms with van der Waals surface area (Å²) in [4.78, 5) is 12.2. The number of aliphatic hydroxyl groups excluding tert-OH is 1. The molecule has 6 nitrogen and oxygen atoms in total. The lowest BCUT2D eigenvalue weighted by Crippen LogP contribution is -2.48. The molecule has 0 saturated heterocycles. The summed E-state index contributed by atoms with van der Waals surface area (Å²) in [6, 6.07) is -0.735. The minimum absolute atomic E-state index is 0.0443. The summed E-state index contributed by atoms with van der Waals surface area (Å²) in [5.74, 6) is 0.437. The van der Waals surface area contributed by atoms with Crippen LogP contribution in [-0.4, -0.2) is 55.9 Å². The van der Waals surface area contributed by atoms with Crippen LogP contribution >= 0.6 is 11.8 Å². The van der Waals surface area contributed by atoms with Gasteiger partial charge in [0.15, 0.2) is 0 Å². The second-order valence-electron chi connectivity index (χ2n) is 5.36. The number of amides is 1. The highest BCUT2D eigenvalue weighted by molar-refractivity contribution is 7.98. The van der Waals surface area contributed by atoms with Gasteiger partial charge in [-0.3, -0.25) is 4.79 Å². The number of hydrogen-bond donors (Lipinski definition) is 3. The highest BCUT2D eigenvalue weighted by atomic mass is 32.2. The van der Waals surface area contributed by atoms with E-state index in [0.717, 1.165) is 19.3 Å². The van der Waals surface area contributed by atoms with Gasteiger partial charge >= 0.3 is 0 Å². The molecule has 3 N–H and O–H groups in total. The van der Waals surface area contributed by atoms with Crippen molar-refractivity contribution in [3.8, 4) is 0 Å². The lowest BCUT2D eigenvalue weighted by molar-refractivity contribution is -0.123. The number of carbonyl (C=O) groups is 1. The molecule has 0 spiro atoms. The average molecular weight is 338 g/mol. The van der Waals surface area contributed by atoms with Crippen molar-refractivity contribution in [2.45, 2.75) is 44.8 Å². The molecule has 1 amide bonds. The Hall–Kier alpha value is -0.310. The van der Waals surface area contributed by atoms with E-state index in [-0.39, 0.29) is 23.7 Å². The molecule has 124 valence electrons. The first-order valence-corrected chi connectivity index (χ1v) is 10.4. The summed E-state index contributed by atoms with van der Waals surface area (Å²) in [5, 5.41) is 12.5. The van der Waals surface area contributed by atoms with Crippen LogP contribution in [0.3, 0.4) is 0 Å². The van der Waals surface area contributed by atoms with Crippen LogP contribution in [0, 0.1) is 5.92 Å². The molecule has 3 atom stereocenters. The van der Waals surface area contributed by atoms with Gasteiger partial charge in [-0.1, -0.05) is 6.42 Å². The van der Waals surface area contributed by atoms with Gasteiger partial charge < -0.3 is 10.4 Å². The van der Waals surface area contributed by atoms with E-state index in [9.17, 15) is 18.3 Å². The minimum Gasteiger partial charge on any atom is -0.393 e. The van der Waals surface area contributed by atoms with E-state index in [0.29, 0.717) is 18.7 Å². The fourth-order valence-electron chi connectivity index (χ4n) is 2.39. The number of hydrogen-bond acceptors (Lipinski definition) is 5. The maximum absolute atomic E-state index is 12.2. The molecule has 21 heavy (non-hydrogen) atoms. The number of rotatable bonds is 9. The lowest BCUT2D eigenvalue weighted by atomic mass is 10.1. The van der Waals surface area contributed by atoms with Crippen LogP contribution in [0.1, 0.15) is 32.6 Å². The molecular formula is C13H26N2O4S2. The molecule has 1 aliphatic carbocycles. The minimum atomic E-state index is -3.41. The predicted octanol–water partition coefficient (Wildman–Crippen LogP) is 0.325. The maximum atomic E-state index is 12.2. The Labute approximate surface area is 131 Å². The number of carbonyl (C=O) groups excluding carboxylic acids is 1. The third kappa shape index (κ3) is 6.54. The number of nitrogens with one attached hydrogen (secondary N) is 2. The molecule has 8 heteroatoms. The normalized spacial score (nSPS) is 24.0. The van der Waals surface area contributed by atoms with Crippen LogP contribution < -0.4 is 10.0 Å². The van der Waals surface area contributed by atoms with Crippen LogP contribution in [0.4, 0.5) is 0 Å². The van der Waals surface area contributed by atoms with Crippen molar-refractivity contribution in [3.63, 3.8) is 0 Å². The quantitative estimate of drug-likeness (QED) is 0.563. The zero-order valence-corrected chi connectivity index (χ0v) is 14.3. The molecule has 1 fully saturated rings. The van der Waals surface area contributed by atoms with Gasteiger partial charge in [-0.15, -0.1) is 0 Å². The number of aliphatic hydroxyl groups is 1. The Morgan fingerprint density at radius 1 is 1.43 bits per heavy atom. The van der Waals surface area contributed by atoms with Crippen molar-refractivity contribution in [2.75, 3.05) is 24.3 Å². The summed E-state index contributed by atoms with van der Waals surface area (Å²) in [6.45, 7) is 1.95. The standard InChI is InChI=1S/C13H26N2O4S2/c1-3-21(18,19)15-11(7-8-20-2)13(17)14-9-10-5-4-6-12(10)16/h10-12,15-16H,3-9H2,1-2H3,(H,14,17). The molecule has 0 aromatic carbocycles. The van der Waals surface area contributed by atoms with E-state index in [1.165, 1.54) is 0 Å².